The zero-order chi connectivity index (χ0) is 13.2. The van der Waals surface area contributed by atoms with Crippen LogP contribution in [0.3, 0.4) is 0 Å². The van der Waals surface area contributed by atoms with Crippen molar-refractivity contribution in [1.29, 1.82) is 0 Å². The summed E-state index contributed by atoms with van der Waals surface area (Å²) in [6, 6.07) is 12.9. The third kappa shape index (κ3) is 2.68. The predicted octanol–water partition coefficient (Wildman–Crippen LogP) is 3.02. The Morgan fingerprint density at radius 1 is 1.00 bits per heavy atom. The highest BCUT2D eigenvalue weighted by molar-refractivity contribution is 7.86. The maximum atomic E-state index is 12.7. The number of ether oxygens (including phenoxy) is 1. The largest absolute Gasteiger partial charge is 0.497 e. The van der Waals surface area contributed by atoms with E-state index in [4.69, 9.17) is 4.74 Å². The van der Waals surface area contributed by atoms with E-state index in [1.165, 1.54) is 12.1 Å². The summed E-state index contributed by atoms with van der Waals surface area (Å²) in [5.41, 5.74) is 1.67. The van der Waals surface area contributed by atoms with Crippen LogP contribution in [0.5, 0.6) is 5.75 Å². The highest BCUT2D eigenvalue weighted by Gasteiger charge is 2.11. The molecule has 0 unspecified atom stereocenters. The SMILES string of the molecule is COc1cccc(-c2ccc(S(=O)(=O)F)cc2)c1. The Morgan fingerprint density at radius 2 is 1.67 bits per heavy atom. The van der Waals surface area contributed by atoms with Gasteiger partial charge in [0.2, 0.25) is 0 Å². The van der Waals surface area contributed by atoms with Crippen LogP contribution in [0.25, 0.3) is 11.1 Å². The molecule has 0 atom stereocenters. The van der Waals surface area contributed by atoms with Crippen LogP contribution in [0.4, 0.5) is 3.89 Å². The van der Waals surface area contributed by atoms with Crippen molar-refractivity contribution in [2.45, 2.75) is 4.90 Å². The molecule has 0 fully saturated rings. The van der Waals surface area contributed by atoms with Crippen LogP contribution in [-0.4, -0.2) is 15.5 Å². The minimum Gasteiger partial charge on any atom is -0.497 e. The molecule has 2 rings (SSSR count). The first kappa shape index (κ1) is 12.6. The van der Waals surface area contributed by atoms with Gasteiger partial charge in [-0.1, -0.05) is 24.3 Å². The van der Waals surface area contributed by atoms with E-state index in [9.17, 15) is 12.3 Å². The van der Waals surface area contributed by atoms with Crippen LogP contribution in [0.2, 0.25) is 0 Å². The molecule has 0 aromatic heterocycles. The van der Waals surface area contributed by atoms with E-state index >= 15 is 0 Å². The number of rotatable bonds is 3. The summed E-state index contributed by atoms with van der Waals surface area (Å²) in [7, 11) is -3.07. The second-order valence-electron chi connectivity index (χ2n) is 3.69. The van der Waals surface area contributed by atoms with Gasteiger partial charge in [0.25, 0.3) is 0 Å². The van der Waals surface area contributed by atoms with Gasteiger partial charge in [0.05, 0.1) is 12.0 Å². The van der Waals surface area contributed by atoms with Crippen molar-refractivity contribution < 1.29 is 17.0 Å². The van der Waals surface area contributed by atoms with Crippen molar-refractivity contribution in [3.63, 3.8) is 0 Å². The Kier molecular flexibility index (Phi) is 3.34. The molecular weight excluding hydrogens is 255 g/mol. The average molecular weight is 266 g/mol. The second kappa shape index (κ2) is 4.78. The first-order valence-corrected chi connectivity index (χ1v) is 6.58. The lowest BCUT2D eigenvalue weighted by atomic mass is 10.1. The summed E-state index contributed by atoms with van der Waals surface area (Å²) in [5, 5.41) is 0. The molecule has 0 radical (unpaired) electrons. The summed E-state index contributed by atoms with van der Waals surface area (Å²) >= 11 is 0. The third-order valence-corrected chi connectivity index (χ3v) is 3.37. The van der Waals surface area contributed by atoms with E-state index < -0.39 is 10.2 Å². The number of hydrogen-bond acceptors (Lipinski definition) is 3. The van der Waals surface area contributed by atoms with E-state index in [0.717, 1.165) is 11.1 Å². The van der Waals surface area contributed by atoms with Crippen LogP contribution >= 0.6 is 0 Å². The molecule has 2 aromatic rings. The number of benzene rings is 2. The van der Waals surface area contributed by atoms with Crippen LogP contribution < -0.4 is 4.74 Å². The van der Waals surface area contributed by atoms with E-state index in [1.807, 2.05) is 24.3 Å². The zero-order valence-corrected chi connectivity index (χ0v) is 10.4. The molecule has 94 valence electrons. The average Bonchev–Trinajstić information content (AvgIpc) is 2.38. The lowest BCUT2D eigenvalue weighted by Crippen LogP contribution is -1.91. The fourth-order valence-electron chi connectivity index (χ4n) is 1.61. The van der Waals surface area contributed by atoms with Gasteiger partial charge in [0.1, 0.15) is 5.75 Å². The molecule has 5 heteroatoms. The van der Waals surface area contributed by atoms with E-state index in [-0.39, 0.29) is 4.90 Å². The Hall–Kier alpha value is -1.88. The number of hydrogen-bond donors (Lipinski definition) is 0. The molecule has 0 bridgehead atoms. The number of methoxy groups -OCH3 is 1. The molecular formula is C13H11FO3S. The quantitative estimate of drug-likeness (QED) is 0.802. The highest BCUT2D eigenvalue weighted by Crippen LogP contribution is 2.25. The monoisotopic (exact) mass is 266 g/mol. The lowest BCUT2D eigenvalue weighted by molar-refractivity contribution is 0.415. The van der Waals surface area contributed by atoms with Crippen LogP contribution in [0, 0.1) is 0 Å². The van der Waals surface area contributed by atoms with Crippen molar-refractivity contribution in [3.8, 4) is 16.9 Å². The molecule has 0 amide bonds. The van der Waals surface area contributed by atoms with Crippen molar-refractivity contribution in [3.05, 3.63) is 48.5 Å². The van der Waals surface area contributed by atoms with Gasteiger partial charge in [-0.2, -0.15) is 8.42 Å². The van der Waals surface area contributed by atoms with Gasteiger partial charge in [0, 0.05) is 0 Å². The molecule has 0 heterocycles. The van der Waals surface area contributed by atoms with Crippen molar-refractivity contribution >= 4 is 10.2 Å². The minimum atomic E-state index is -4.64. The minimum absolute atomic E-state index is 0.339. The van der Waals surface area contributed by atoms with Crippen molar-refractivity contribution in [1.82, 2.24) is 0 Å². The normalized spacial score (nSPS) is 11.2. The molecule has 18 heavy (non-hydrogen) atoms. The van der Waals surface area contributed by atoms with Crippen LogP contribution in [0.15, 0.2) is 53.4 Å². The lowest BCUT2D eigenvalue weighted by Gasteiger charge is -2.05. The van der Waals surface area contributed by atoms with Crippen LogP contribution in [0.1, 0.15) is 0 Å². The molecule has 0 aliphatic carbocycles. The Balaban J connectivity index is 2.40. The van der Waals surface area contributed by atoms with E-state index in [0.29, 0.717) is 5.75 Å². The van der Waals surface area contributed by atoms with Gasteiger partial charge in [-0.05, 0) is 35.4 Å². The second-order valence-corrected chi connectivity index (χ2v) is 5.04. The molecule has 0 aliphatic rings. The fourth-order valence-corrected chi connectivity index (χ4v) is 2.07. The van der Waals surface area contributed by atoms with Crippen molar-refractivity contribution in [2.75, 3.05) is 7.11 Å². The molecule has 0 spiro atoms. The standard InChI is InChI=1S/C13H11FO3S/c1-17-12-4-2-3-11(9-12)10-5-7-13(8-6-10)18(14,15)16/h2-9H,1H3. The summed E-state index contributed by atoms with van der Waals surface area (Å²) in [4.78, 5) is -0.339. The molecule has 0 saturated heterocycles. The highest BCUT2D eigenvalue weighted by atomic mass is 32.3. The maximum absolute atomic E-state index is 12.7. The third-order valence-electron chi connectivity index (χ3n) is 2.54. The van der Waals surface area contributed by atoms with Gasteiger partial charge < -0.3 is 4.74 Å². The summed E-state index contributed by atoms with van der Waals surface area (Å²) in [6.07, 6.45) is 0. The van der Waals surface area contributed by atoms with Gasteiger partial charge in [0.15, 0.2) is 0 Å². The van der Waals surface area contributed by atoms with Gasteiger partial charge >= 0.3 is 10.2 Å². The summed E-state index contributed by atoms with van der Waals surface area (Å²) in [6.45, 7) is 0. The first-order chi connectivity index (χ1) is 8.50. The smallest absolute Gasteiger partial charge is 0.332 e. The molecule has 2 aromatic carbocycles. The molecule has 3 nitrogen and oxygen atoms in total. The summed E-state index contributed by atoms with van der Waals surface area (Å²) < 4.78 is 39.2. The Bertz CT molecular complexity index is 648. The molecule has 0 saturated carbocycles. The maximum Gasteiger partial charge on any atom is 0.332 e. The van der Waals surface area contributed by atoms with Crippen LogP contribution in [-0.2, 0) is 10.2 Å². The van der Waals surface area contributed by atoms with Gasteiger partial charge in [-0.15, -0.1) is 3.89 Å². The topological polar surface area (TPSA) is 43.4 Å². The van der Waals surface area contributed by atoms with Crippen molar-refractivity contribution in [2.24, 2.45) is 0 Å². The Morgan fingerprint density at radius 3 is 2.22 bits per heavy atom. The zero-order valence-electron chi connectivity index (χ0n) is 9.63. The fraction of sp³-hybridized carbons (Fsp3) is 0.0769. The van der Waals surface area contributed by atoms with Gasteiger partial charge in [-0.25, -0.2) is 0 Å². The first-order valence-electron chi connectivity index (χ1n) is 5.20. The Labute approximate surface area is 105 Å². The summed E-state index contributed by atoms with van der Waals surface area (Å²) in [5.74, 6) is 0.703. The molecule has 0 aliphatic heterocycles. The predicted molar refractivity (Wildman–Crippen MR) is 66.7 cm³/mol. The van der Waals surface area contributed by atoms with Gasteiger partial charge in [-0.3, -0.25) is 0 Å². The van der Waals surface area contributed by atoms with E-state index in [1.54, 1.807) is 19.2 Å². The molecule has 0 N–H and O–H groups in total. The number of halogens is 1. The van der Waals surface area contributed by atoms with E-state index in [2.05, 4.69) is 0 Å².